The number of amides is 1. The van der Waals surface area contributed by atoms with E-state index in [0.717, 1.165) is 12.8 Å². The van der Waals surface area contributed by atoms with Crippen molar-refractivity contribution in [2.45, 2.75) is 32.7 Å². The Kier molecular flexibility index (Phi) is 6.04. The number of benzene rings is 1. The fourth-order valence-corrected chi connectivity index (χ4v) is 1.67. The summed E-state index contributed by atoms with van der Waals surface area (Å²) in [4.78, 5) is 11.9. The molecule has 0 atom stereocenters. The molecule has 0 heterocycles. The Morgan fingerprint density at radius 1 is 1.42 bits per heavy atom. The van der Waals surface area contributed by atoms with Gasteiger partial charge in [0.1, 0.15) is 12.4 Å². The van der Waals surface area contributed by atoms with Crippen molar-refractivity contribution >= 4 is 5.91 Å². The third kappa shape index (κ3) is 4.38. The molecule has 0 spiro atoms. The Hall–Kier alpha value is -1.86. The summed E-state index contributed by atoms with van der Waals surface area (Å²) in [5, 5.41) is 11.3. The van der Waals surface area contributed by atoms with Gasteiger partial charge in [0, 0.05) is 11.6 Å². The Morgan fingerprint density at radius 3 is 2.63 bits per heavy atom. The first-order valence-corrected chi connectivity index (χ1v) is 6.32. The quantitative estimate of drug-likeness (QED) is 0.817. The van der Waals surface area contributed by atoms with Crippen molar-refractivity contribution in [1.29, 1.82) is 0 Å². The van der Waals surface area contributed by atoms with Gasteiger partial charge in [-0.3, -0.25) is 4.79 Å². The minimum atomic E-state index is -0.604. The molecule has 0 unspecified atom stereocenters. The highest BCUT2D eigenvalue weighted by atomic mass is 19.1. The number of nitrogens with one attached hydrogen (secondary N) is 1. The number of carbonyl (C=O) groups excluding carboxylic acids is 1. The van der Waals surface area contributed by atoms with Crippen molar-refractivity contribution in [3.05, 3.63) is 35.1 Å². The van der Waals surface area contributed by atoms with Gasteiger partial charge in [-0.25, -0.2) is 4.39 Å². The highest BCUT2D eigenvalue weighted by Crippen LogP contribution is 2.11. The lowest BCUT2D eigenvalue weighted by atomic mass is 10.1. The summed E-state index contributed by atoms with van der Waals surface area (Å²) >= 11 is 0. The topological polar surface area (TPSA) is 49.3 Å². The molecule has 2 N–H and O–H groups in total. The summed E-state index contributed by atoms with van der Waals surface area (Å²) in [6.45, 7) is 3.66. The number of hydrogen-bond acceptors (Lipinski definition) is 2. The summed E-state index contributed by atoms with van der Waals surface area (Å²) in [5.74, 6) is 4.01. The van der Waals surface area contributed by atoms with Crippen LogP contribution in [0, 0.1) is 17.7 Å². The molecule has 102 valence electrons. The molecule has 4 heteroatoms. The number of halogens is 1. The predicted octanol–water partition coefficient (Wildman–Crippen LogP) is 2.09. The average Bonchev–Trinajstić information content (AvgIpc) is 2.42. The van der Waals surface area contributed by atoms with Gasteiger partial charge in [0.05, 0.1) is 5.56 Å². The van der Waals surface area contributed by atoms with Crippen LogP contribution in [0.25, 0.3) is 0 Å². The predicted molar refractivity (Wildman–Crippen MR) is 72.2 cm³/mol. The SMILES string of the molecule is CCC(CC)NC(=O)c1ccc(C#CCO)cc1F. The molecule has 1 rings (SSSR count). The first-order chi connectivity index (χ1) is 9.12. The first-order valence-electron chi connectivity index (χ1n) is 6.32. The normalized spacial score (nSPS) is 9.95. The number of hydrogen-bond donors (Lipinski definition) is 2. The molecule has 0 aliphatic rings. The van der Waals surface area contributed by atoms with Gasteiger partial charge in [0.15, 0.2) is 0 Å². The van der Waals surface area contributed by atoms with Gasteiger partial charge in [0.25, 0.3) is 5.91 Å². The van der Waals surface area contributed by atoms with Crippen LogP contribution in [0.5, 0.6) is 0 Å². The lowest BCUT2D eigenvalue weighted by Crippen LogP contribution is -2.34. The molecule has 19 heavy (non-hydrogen) atoms. The van der Waals surface area contributed by atoms with E-state index in [1.165, 1.54) is 12.1 Å². The maximum absolute atomic E-state index is 13.8. The molecule has 1 amide bonds. The summed E-state index contributed by atoms with van der Waals surface area (Å²) in [5.41, 5.74) is 0.451. The van der Waals surface area contributed by atoms with Gasteiger partial charge in [-0.05, 0) is 31.0 Å². The Bertz CT molecular complexity index is 499. The lowest BCUT2D eigenvalue weighted by molar-refractivity contribution is 0.0931. The van der Waals surface area contributed by atoms with Crippen molar-refractivity contribution in [3.8, 4) is 11.8 Å². The Labute approximate surface area is 112 Å². The molecule has 0 aliphatic heterocycles. The van der Waals surface area contributed by atoms with Crippen molar-refractivity contribution in [3.63, 3.8) is 0 Å². The molecule has 1 aromatic carbocycles. The van der Waals surface area contributed by atoms with Crippen molar-refractivity contribution in [2.24, 2.45) is 0 Å². The van der Waals surface area contributed by atoms with Crippen LogP contribution in [0.4, 0.5) is 4.39 Å². The summed E-state index contributed by atoms with van der Waals surface area (Å²) in [6.07, 6.45) is 1.62. The minimum Gasteiger partial charge on any atom is -0.384 e. The number of aliphatic hydroxyl groups is 1. The standard InChI is InChI=1S/C15H18FNO2/c1-3-12(4-2)17-15(19)13-8-7-11(6-5-9-18)10-14(13)16/h7-8,10,12,18H,3-4,9H2,1-2H3,(H,17,19). The Morgan fingerprint density at radius 2 is 2.11 bits per heavy atom. The van der Waals surface area contributed by atoms with E-state index in [-0.39, 0.29) is 18.2 Å². The van der Waals surface area contributed by atoms with Crippen LogP contribution >= 0.6 is 0 Å². The van der Waals surface area contributed by atoms with Gasteiger partial charge in [-0.1, -0.05) is 25.7 Å². The molecule has 0 radical (unpaired) electrons. The van der Waals surface area contributed by atoms with E-state index in [1.54, 1.807) is 6.07 Å². The lowest BCUT2D eigenvalue weighted by Gasteiger charge is -2.14. The first kappa shape index (κ1) is 15.2. The highest BCUT2D eigenvalue weighted by molar-refractivity contribution is 5.94. The zero-order valence-electron chi connectivity index (χ0n) is 11.2. The van der Waals surface area contributed by atoms with Crippen LogP contribution in [-0.4, -0.2) is 23.7 Å². The molecule has 0 aromatic heterocycles. The average molecular weight is 263 g/mol. The second kappa shape index (κ2) is 7.55. The zero-order valence-corrected chi connectivity index (χ0v) is 11.2. The van der Waals surface area contributed by atoms with E-state index in [2.05, 4.69) is 17.2 Å². The van der Waals surface area contributed by atoms with E-state index in [9.17, 15) is 9.18 Å². The third-order valence-corrected chi connectivity index (χ3v) is 2.85. The van der Waals surface area contributed by atoms with Crippen LogP contribution < -0.4 is 5.32 Å². The van der Waals surface area contributed by atoms with Gasteiger partial charge in [-0.15, -0.1) is 0 Å². The second-order valence-electron chi connectivity index (χ2n) is 4.14. The van der Waals surface area contributed by atoms with Crippen LogP contribution in [0.15, 0.2) is 18.2 Å². The fourth-order valence-electron chi connectivity index (χ4n) is 1.67. The van der Waals surface area contributed by atoms with Gasteiger partial charge >= 0.3 is 0 Å². The molecule has 0 aliphatic carbocycles. The molecule has 0 saturated carbocycles. The van der Waals surface area contributed by atoms with E-state index in [4.69, 9.17) is 5.11 Å². The van der Waals surface area contributed by atoms with Crippen molar-refractivity contribution in [1.82, 2.24) is 5.32 Å². The molecule has 0 saturated heterocycles. The zero-order chi connectivity index (χ0) is 14.3. The second-order valence-corrected chi connectivity index (χ2v) is 4.14. The number of rotatable bonds is 4. The van der Waals surface area contributed by atoms with Crippen LogP contribution in [0.1, 0.15) is 42.6 Å². The fraction of sp³-hybridized carbons (Fsp3) is 0.400. The maximum atomic E-state index is 13.8. The molecule has 1 aromatic rings. The van der Waals surface area contributed by atoms with E-state index in [0.29, 0.717) is 5.56 Å². The van der Waals surface area contributed by atoms with Gasteiger partial charge in [0.2, 0.25) is 0 Å². The number of aliphatic hydroxyl groups excluding tert-OH is 1. The third-order valence-electron chi connectivity index (χ3n) is 2.85. The summed E-state index contributed by atoms with van der Waals surface area (Å²) in [7, 11) is 0. The minimum absolute atomic E-state index is 0.0152. The molecular weight excluding hydrogens is 245 g/mol. The Balaban J connectivity index is 2.87. The molecule has 3 nitrogen and oxygen atoms in total. The molecule has 0 fully saturated rings. The van der Waals surface area contributed by atoms with Gasteiger partial charge < -0.3 is 10.4 Å². The van der Waals surface area contributed by atoms with Crippen molar-refractivity contribution in [2.75, 3.05) is 6.61 Å². The van der Waals surface area contributed by atoms with E-state index in [1.807, 2.05) is 13.8 Å². The molecular formula is C15H18FNO2. The van der Waals surface area contributed by atoms with Crippen LogP contribution in [0.3, 0.4) is 0 Å². The van der Waals surface area contributed by atoms with Crippen molar-refractivity contribution < 1.29 is 14.3 Å². The summed E-state index contributed by atoms with van der Waals surface area (Å²) < 4.78 is 13.8. The summed E-state index contributed by atoms with van der Waals surface area (Å²) in [6, 6.07) is 4.23. The van der Waals surface area contributed by atoms with Crippen LogP contribution in [-0.2, 0) is 0 Å². The monoisotopic (exact) mass is 263 g/mol. The molecule has 0 bridgehead atoms. The number of carbonyl (C=O) groups is 1. The van der Waals surface area contributed by atoms with E-state index < -0.39 is 11.7 Å². The smallest absolute Gasteiger partial charge is 0.254 e. The van der Waals surface area contributed by atoms with E-state index >= 15 is 0 Å². The highest BCUT2D eigenvalue weighted by Gasteiger charge is 2.14. The van der Waals surface area contributed by atoms with Crippen LogP contribution in [0.2, 0.25) is 0 Å². The maximum Gasteiger partial charge on any atom is 0.254 e. The van der Waals surface area contributed by atoms with Gasteiger partial charge in [-0.2, -0.15) is 0 Å². The largest absolute Gasteiger partial charge is 0.384 e.